The zero-order valence-corrected chi connectivity index (χ0v) is 14.5. The summed E-state index contributed by atoms with van der Waals surface area (Å²) in [5, 5.41) is 9.48. The fourth-order valence-corrected chi connectivity index (χ4v) is 2.67. The van der Waals surface area contributed by atoms with Gasteiger partial charge < -0.3 is 14.6 Å². The highest BCUT2D eigenvalue weighted by atomic mass is 19.4. The zero-order chi connectivity index (χ0) is 23.5. The summed E-state index contributed by atoms with van der Waals surface area (Å²) in [6.45, 7) is 2.56. The number of esters is 1. The highest BCUT2D eigenvalue weighted by Gasteiger charge is 2.85. The predicted molar refractivity (Wildman–Crippen MR) is 70.4 cm³/mol. The molecule has 4 nitrogen and oxygen atoms in total. The number of ether oxygens (including phenoxy) is 2. The molecule has 0 amide bonds. The molecule has 0 spiro atoms. The Kier molecular flexibility index (Phi) is 5.85. The highest BCUT2D eigenvalue weighted by Crippen LogP contribution is 2.61. The van der Waals surface area contributed by atoms with Crippen LogP contribution in [0.15, 0.2) is 12.2 Å². The van der Waals surface area contributed by atoms with E-state index < -0.39 is 65.8 Å². The third-order valence-corrected chi connectivity index (χ3v) is 4.43. The van der Waals surface area contributed by atoms with Crippen LogP contribution in [0.1, 0.15) is 26.7 Å². The SMILES string of the molecule is C=C(C(=O)OC1(C)CC(CC)(C(F)(F)F)OC(O)(C(F)(F)F)C1(F)F)C(F)(F)F. The third kappa shape index (κ3) is 3.78. The van der Waals surface area contributed by atoms with Gasteiger partial charge in [-0.25, -0.2) is 4.79 Å². The van der Waals surface area contributed by atoms with Crippen LogP contribution in [0.4, 0.5) is 48.3 Å². The van der Waals surface area contributed by atoms with Crippen LogP contribution in [0.3, 0.4) is 0 Å². The Balaban J connectivity index is 3.69. The second kappa shape index (κ2) is 6.68. The lowest BCUT2D eigenvalue weighted by atomic mass is 9.74. The second-order valence-corrected chi connectivity index (χ2v) is 6.44. The maximum Gasteiger partial charge on any atom is 0.449 e. The summed E-state index contributed by atoms with van der Waals surface area (Å²) in [5.41, 5.74) is -10.8. The van der Waals surface area contributed by atoms with Crippen molar-refractivity contribution in [2.45, 2.75) is 68.1 Å². The maximum absolute atomic E-state index is 14.5. The van der Waals surface area contributed by atoms with E-state index in [1.54, 1.807) is 0 Å². The van der Waals surface area contributed by atoms with Crippen LogP contribution < -0.4 is 0 Å². The van der Waals surface area contributed by atoms with Crippen LogP contribution in [0.25, 0.3) is 0 Å². The lowest BCUT2D eigenvalue weighted by Crippen LogP contribution is -2.78. The largest absolute Gasteiger partial charge is 0.449 e. The van der Waals surface area contributed by atoms with Gasteiger partial charge in [-0.1, -0.05) is 13.5 Å². The number of hydrogen-bond donors (Lipinski definition) is 1. The Morgan fingerprint density at radius 1 is 1.07 bits per heavy atom. The predicted octanol–water partition coefficient (Wildman–Crippen LogP) is 4.42. The van der Waals surface area contributed by atoms with E-state index in [0.717, 1.165) is 0 Å². The van der Waals surface area contributed by atoms with Crippen molar-refractivity contribution in [2.24, 2.45) is 0 Å². The number of aliphatic hydroxyl groups is 1. The highest BCUT2D eigenvalue weighted by molar-refractivity contribution is 5.89. The second-order valence-electron chi connectivity index (χ2n) is 6.44. The average Bonchev–Trinajstić information content (AvgIpc) is 2.48. The lowest BCUT2D eigenvalue weighted by molar-refractivity contribution is -0.516. The molecule has 0 radical (unpaired) electrons. The molecular weight excluding hydrogens is 441 g/mol. The molecule has 1 N–H and O–H groups in total. The minimum absolute atomic E-state index is 0.177. The number of rotatable bonds is 3. The van der Waals surface area contributed by atoms with Crippen LogP contribution in [-0.2, 0) is 14.3 Å². The van der Waals surface area contributed by atoms with Gasteiger partial charge in [-0.3, -0.25) is 0 Å². The zero-order valence-electron chi connectivity index (χ0n) is 14.5. The van der Waals surface area contributed by atoms with Crippen molar-refractivity contribution in [3.05, 3.63) is 12.2 Å². The van der Waals surface area contributed by atoms with Crippen molar-refractivity contribution in [1.29, 1.82) is 0 Å². The van der Waals surface area contributed by atoms with E-state index in [0.29, 0.717) is 6.92 Å². The third-order valence-electron chi connectivity index (χ3n) is 4.43. The first kappa shape index (κ1) is 25.4. The van der Waals surface area contributed by atoms with Crippen molar-refractivity contribution < 1.29 is 67.7 Å². The molecule has 1 aliphatic rings. The molecule has 0 aliphatic carbocycles. The molecule has 3 atom stereocenters. The minimum Gasteiger partial charge on any atom is -0.449 e. The van der Waals surface area contributed by atoms with Crippen LogP contribution in [0.5, 0.6) is 0 Å². The van der Waals surface area contributed by atoms with E-state index in [4.69, 9.17) is 0 Å². The van der Waals surface area contributed by atoms with E-state index in [-0.39, 0.29) is 6.92 Å². The van der Waals surface area contributed by atoms with Gasteiger partial charge in [0.05, 0.1) is 0 Å². The molecule has 29 heavy (non-hydrogen) atoms. The lowest BCUT2D eigenvalue weighted by Gasteiger charge is -2.55. The average molecular weight is 454 g/mol. The summed E-state index contributed by atoms with van der Waals surface area (Å²) in [7, 11) is 0. The van der Waals surface area contributed by atoms with Gasteiger partial charge in [0.25, 0.3) is 0 Å². The minimum atomic E-state index is -6.57. The van der Waals surface area contributed by atoms with Crippen LogP contribution >= 0.6 is 0 Å². The Labute approximate surface area is 155 Å². The van der Waals surface area contributed by atoms with Crippen molar-refractivity contribution in [3.8, 4) is 0 Å². The first-order valence-electron chi connectivity index (χ1n) is 7.44. The normalized spacial score (nSPS) is 33.3. The first-order chi connectivity index (χ1) is 12.5. The molecule has 1 fully saturated rings. The summed E-state index contributed by atoms with van der Waals surface area (Å²) >= 11 is 0. The van der Waals surface area contributed by atoms with Crippen molar-refractivity contribution in [2.75, 3.05) is 0 Å². The Morgan fingerprint density at radius 2 is 1.52 bits per heavy atom. The molecule has 3 unspecified atom stereocenters. The summed E-state index contributed by atoms with van der Waals surface area (Å²) in [6, 6.07) is 0. The van der Waals surface area contributed by atoms with Gasteiger partial charge in [-0.15, -0.1) is 0 Å². The van der Waals surface area contributed by atoms with Gasteiger partial charge in [0.2, 0.25) is 0 Å². The maximum atomic E-state index is 14.5. The molecule has 0 aromatic carbocycles. The molecule has 1 aliphatic heterocycles. The van der Waals surface area contributed by atoms with Crippen LogP contribution in [0.2, 0.25) is 0 Å². The van der Waals surface area contributed by atoms with Gasteiger partial charge in [0.1, 0.15) is 5.57 Å². The molecule has 0 bridgehead atoms. The molecule has 170 valence electrons. The smallest absolute Gasteiger partial charge is 0.449 e. The molecule has 1 saturated heterocycles. The molecule has 0 aromatic rings. The van der Waals surface area contributed by atoms with E-state index in [1.165, 1.54) is 0 Å². The topological polar surface area (TPSA) is 55.8 Å². The van der Waals surface area contributed by atoms with Gasteiger partial charge >= 0.3 is 36.2 Å². The standard InChI is InChI=1S/C14H13F11O4/c1-4-9(13(20,21)22)5-8(3,28-7(26)6(2)10(15,16)17)11(18,19)12(27,29-9)14(23,24)25/h27H,2,4-5H2,1,3H3. The number of carbonyl (C=O) groups excluding carboxylic acids is 1. The Hall–Kier alpha value is -1.64. The van der Waals surface area contributed by atoms with E-state index in [2.05, 4.69) is 16.1 Å². The summed E-state index contributed by atoms with van der Waals surface area (Å²) in [6.07, 6.45) is -21.7. The van der Waals surface area contributed by atoms with E-state index in [9.17, 15) is 58.2 Å². The van der Waals surface area contributed by atoms with Crippen molar-refractivity contribution in [1.82, 2.24) is 0 Å². The van der Waals surface area contributed by atoms with Gasteiger partial charge in [0.15, 0.2) is 11.2 Å². The van der Waals surface area contributed by atoms with Crippen LogP contribution in [0, 0.1) is 0 Å². The summed E-state index contributed by atoms with van der Waals surface area (Å²) in [5.74, 6) is -14.5. The molecule has 1 rings (SSSR count). The molecular formula is C14H13F11O4. The summed E-state index contributed by atoms with van der Waals surface area (Å²) < 4.78 is 154. The van der Waals surface area contributed by atoms with Gasteiger partial charge in [-0.05, 0) is 13.3 Å². The number of alkyl halides is 11. The molecule has 0 saturated carbocycles. The Bertz CT molecular complexity index is 681. The van der Waals surface area contributed by atoms with E-state index in [1.807, 2.05) is 0 Å². The molecule has 15 heteroatoms. The molecule has 0 aromatic heterocycles. The Morgan fingerprint density at radius 3 is 1.83 bits per heavy atom. The monoisotopic (exact) mass is 454 g/mol. The number of carbonyl (C=O) groups is 1. The van der Waals surface area contributed by atoms with E-state index >= 15 is 0 Å². The fraction of sp³-hybridized carbons (Fsp3) is 0.786. The number of hydrogen-bond acceptors (Lipinski definition) is 4. The van der Waals surface area contributed by atoms with Gasteiger partial charge in [0, 0.05) is 6.42 Å². The van der Waals surface area contributed by atoms with Gasteiger partial charge in [-0.2, -0.15) is 48.3 Å². The quantitative estimate of drug-likeness (QED) is 0.390. The first-order valence-corrected chi connectivity index (χ1v) is 7.44. The van der Waals surface area contributed by atoms with Crippen molar-refractivity contribution >= 4 is 5.97 Å². The molecule has 1 heterocycles. The van der Waals surface area contributed by atoms with Crippen LogP contribution in [-0.4, -0.2) is 52.5 Å². The number of halogens is 11. The van der Waals surface area contributed by atoms with Crippen molar-refractivity contribution in [3.63, 3.8) is 0 Å². The summed E-state index contributed by atoms with van der Waals surface area (Å²) in [4.78, 5) is 11.5. The fourth-order valence-electron chi connectivity index (χ4n) is 2.67.